The van der Waals surface area contributed by atoms with E-state index in [-0.39, 0.29) is 17.2 Å². The zero-order valence-corrected chi connectivity index (χ0v) is 9.32. The number of hydrogen-bond donors (Lipinski definition) is 2. The number of hydrogen-bond acceptors (Lipinski definition) is 3. The van der Waals surface area contributed by atoms with Crippen LogP contribution in [-0.4, -0.2) is 18.3 Å². The smallest absolute Gasteiger partial charge is 0.160 e. The molecule has 3 nitrogen and oxygen atoms in total. The Hall–Kier alpha value is -1.22. The molecule has 15 heavy (non-hydrogen) atoms. The number of nitrogens with two attached hydrogens (primary N) is 1. The fourth-order valence-electron chi connectivity index (χ4n) is 2.20. The molecule has 0 saturated heterocycles. The van der Waals surface area contributed by atoms with Crippen LogP contribution in [0.5, 0.6) is 11.5 Å². The maximum Gasteiger partial charge on any atom is 0.160 e. The summed E-state index contributed by atoms with van der Waals surface area (Å²) in [6.45, 7) is 4.31. The van der Waals surface area contributed by atoms with Gasteiger partial charge in [-0.05, 0) is 23.1 Å². The lowest BCUT2D eigenvalue weighted by Gasteiger charge is -2.07. The number of rotatable bonds is 2. The summed E-state index contributed by atoms with van der Waals surface area (Å²) in [5, 5.41) is 9.48. The summed E-state index contributed by atoms with van der Waals surface area (Å²) >= 11 is 0. The quantitative estimate of drug-likeness (QED) is 0.778. The van der Waals surface area contributed by atoms with Gasteiger partial charge in [-0.25, -0.2) is 0 Å². The van der Waals surface area contributed by atoms with Crippen molar-refractivity contribution in [3.63, 3.8) is 0 Å². The maximum absolute atomic E-state index is 9.48. The monoisotopic (exact) mass is 207 g/mol. The van der Waals surface area contributed by atoms with Gasteiger partial charge in [0.05, 0.1) is 7.11 Å². The molecule has 3 N–H and O–H groups in total. The van der Waals surface area contributed by atoms with Crippen molar-refractivity contribution in [2.75, 3.05) is 7.11 Å². The Bertz CT molecular complexity index is 387. The molecule has 1 aliphatic carbocycles. The highest BCUT2D eigenvalue weighted by Crippen LogP contribution is 2.57. The topological polar surface area (TPSA) is 55.5 Å². The van der Waals surface area contributed by atoms with Crippen molar-refractivity contribution in [3.8, 4) is 11.5 Å². The molecule has 1 aromatic rings. The standard InChI is InChI=1S/C12H17NO2/c1-12(2)10(11(12)13)7-4-5-8(14)9(6-7)15-3/h4-6,10-11,14H,13H2,1-3H3/t10-,11-/m0/s1. The predicted octanol–water partition coefficient (Wildman–Crippen LogP) is 1.85. The highest BCUT2D eigenvalue weighted by molar-refractivity contribution is 5.46. The average molecular weight is 207 g/mol. The van der Waals surface area contributed by atoms with E-state index in [1.54, 1.807) is 13.2 Å². The third-order valence-electron chi connectivity index (χ3n) is 3.47. The summed E-state index contributed by atoms with van der Waals surface area (Å²) < 4.78 is 5.08. The summed E-state index contributed by atoms with van der Waals surface area (Å²) in [5.41, 5.74) is 7.30. The Balaban J connectivity index is 2.32. The summed E-state index contributed by atoms with van der Waals surface area (Å²) in [7, 11) is 1.55. The second kappa shape index (κ2) is 3.14. The molecule has 82 valence electrons. The van der Waals surface area contributed by atoms with Crippen LogP contribution < -0.4 is 10.5 Å². The Morgan fingerprint density at radius 1 is 1.40 bits per heavy atom. The van der Waals surface area contributed by atoms with E-state index < -0.39 is 0 Å². The molecule has 1 aliphatic rings. The molecule has 0 bridgehead atoms. The molecule has 2 atom stereocenters. The van der Waals surface area contributed by atoms with E-state index in [1.807, 2.05) is 12.1 Å². The third-order valence-corrected chi connectivity index (χ3v) is 3.47. The minimum Gasteiger partial charge on any atom is -0.504 e. The van der Waals surface area contributed by atoms with Gasteiger partial charge in [-0.15, -0.1) is 0 Å². The van der Waals surface area contributed by atoms with Crippen molar-refractivity contribution in [1.82, 2.24) is 0 Å². The predicted molar refractivity (Wildman–Crippen MR) is 59.2 cm³/mol. The molecule has 1 aromatic carbocycles. The first-order valence-corrected chi connectivity index (χ1v) is 5.11. The molecule has 0 unspecified atom stereocenters. The van der Waals surface area contributed by atoms with Crippen LogP contribution in [-0.2, 0) is 0 Å². The number of methoxy groups -OCH3 is 1. The molecule has 0 heterocycles. The second-order valence-corrected chi connectivity index (χ2v) is 4.76. The Morgan fingerprint density at radius 2 is 2.00 bits per heavy atom. The number of phenolic OH excluding ortho intramolecular Hbond substituents is 1. The van der Waals surface area contributed by atoms with Gasteiger partial charge in [-0.1, -0.05) is 19.9 Å². The van der Waals surface area contributed by atoms with Crippen molar-refractivity contribution < 1.29 is 9.84 Å². The molecule has 1 fully saturated rings. The van der Waals surface area contributed by atoms with E-state index in [0.29, 0.717) is 11.7 Å². The Labute approximate surface area is 89.9 Å². The van der Waals surface area contributed by atoms with E-state index >= 15 is 0 Å². The van der Waals surface area contributed by atoms with Crippen molar-refractivity contribution in [2.24, 2.45) is 11.1 Å². The maximum atomic E-state index is 9.48. The fourth-order valence-corrected chi connectivity index (χ4v) is 2.20. The minimum absolute atomic E-state index is 0.155. The van der Waals surface area contributed by atoms with Crippen LogP contribution in [0.2, 0.25) is 0 Å². The van der Waals surface area contributed by atoms with E-state index in [1.165, 1.54) is 0 Å². The first kappa shape index (κ1) is 10.3. The Kier molecular flexibility index (Phi) is 2.15. The van der Waals surface area contributed by atoms with Crippen molar-refractivity contribution >= 4 is 0 Å². The van der Waals surface area contributed by atoms with Crippen LogP contribution in [0.3, 0.4) is 0 Å². The van der Waals surface area contributed by atoms with Gasteiger partial charge in [0.1, 0.15) is 0 Å². The summed E-state index contributed by atoms with van der Waals surface area (Å²) in [6, 6.07) is 5.65. The van der Waals surface area contributed by atoms with E-state index in [9.17, 15) is 5.11 Å². The van der Waals surface area contributed by atoms with E-state index in [4.69, 9.17) is 10.5 Å². The SMILES string of the molecule is COc1cc([C@H]2[C@H](N)C2(C)C)ccc1O. The van der Waals surface area contributed by atoms with Gasteiger partial charge < -0.3 is 15.6 Å². The van der Waals surface area contributed by atoms with Crippen molar-refractivity contribution in [3.05, 3.63) is 23.8 Å². The van der Waals surface area contributed by atoms with Gasteiger partial charge in [-0.2, -0.15) is 0 Å². The first-order valence-electron chi connectivity index (χ1n) is 5.11. The molecular weight excluding hydrogens is 190 g/mol. The molecule has 0 radical (unpaired) electrons. The van der Waals surface area contributed by atoms with Gasteiger partial charge in [0.25, 0.3) is 0 Å². The molecule has 3 heteroatoms. The number of phenols is 1. The number of ether oxygens (including phenoxy) is 1. The molecule has 0 aliphatic heterocycles. The lowest BCUT2D eigenvalue weighted by Crippen LogP contribution is -2.06. The van der Waals surface area contributed by atoms with Crippen molar-refractivity contribution in [2.45, 2.75) is 25.8 Å². The summed E-state index contributed by atoms with van der Waals surface area (Å²) in [5.74, 6) is 1.06. The molecular formula is C12H17NO2. The van der Waals surface area contributed by atoms with Crippen LogP contribution >= 0.6 is 0 Å². The zero-order chi connectivity index (χ0) is 11.2. The van der Waals surface area contributed by atoms with Gasteiger partial charge in [0.2, 0.25) is 0 Å². The van der Waals surface area contributed by atoms with Crippen LogP contribution in [0.15, 0.2) is 18.2 Å². The average Bonchev–Trinajstić information content (AvgIpc) is 2.68. The minimum atomic E-state index is 0.155. The van der Waals surface area contributed by atoms with E-state index in [0.717, 1.165) is 5.56 Å². The molecule has 0 spiro atoms. The molecule has 0 amide bonds. The molecule has 0 aromatic heterocycles. The van der Waals surface area contributed by atoms with Crippen LogP contribution in [0, 0.1) is 5.41 Å². The van der Waals surface area contributed by atoms with Gasteiger partial charge in [0.15, 0.2) is 11.5 Å². The molecule has 1 saturated carbocycles. The zero-order valence-electron chi connectivity index (χ0n) is 9.32. The van der Waals surface area contributed by atoms with Crippen molar-refractivity contribution in [1.29, 1.82) is 0 Å². The first-order chi connectivity index (χ1) is 6.98. The highest BCUT2D eigenvalue weighted by atomic mass is 16.5. The second-order valence-electron chi connectivity index (χ2n) is 4.76. The molecule has 2 rings (SSSR count). The van der Waals surface area contributed by atoms with Gasteiger partial charge in [-0.3, -0.25) is 0 Å². The summed E-state index contributed by atoms with van der Waals surface area (Å²) in [6.07, 6.45) is 0. The third kappa shape index (κ3) is 1.47. The number of aromatic hydroxyl groups is 1. The number of benzene rings is 1. The normalized spacial score (nSPS) is 27.5. The van der Waals surface area contributed by atoms with Crippen LogP contribution in [0.25, 0.3) is 0 Å². The summed E-state index contributed by atoms with van der Waals surface area (Å²) in [4.78, 5) is 0. The fraction of sp³-hybridized carbons (Fsp3) is 0.500. The highest BCUT2D eigenvalue weighted by Gasteiger charge is 2.56. The largest absolute Gasteiger partial charge is 0.504 e. The van der Waals surface area contributed by atoms with Gasteiger partial charge in [0, 0.05) is 12.0 Å². The lowest BCUT2D eigenvalue weighted by molar-refractivity contribution is 0.373. The Morgan fingerprint density at radius 3 is 2.47 bits per heavy atom. The van der Waals surface area contributed by atoms with Crippen LogP contribution in [0.1, 0.15) is 25.3 Å². The van der Waals surface area contributed by atoms with Gasteiger partial charge >= 0.3 is 0 Å². The van der Waals surface area contributed by atoms with E-state index in [2.05, 4.69) is 13.8 Å². The van der Waals surface area contributed by atoms with Crippen LogP contribution in [0.4, 0.5) is 0 Å². The lowest BCUT2D eigenvalue weighted by atomic mass is 10.0.